The number of hydrogen-bond acceptors (Lipinski definition) is 3. The third-order valence-electron chi connectivity index (χ3n) is 0.331. The van der Waals surface area contributed by atoms with Crippen LogP contribution in [-0.2, 0) is 4.65 Å². The van der Waals surface area contributed by atoms with Crippen LogP contribution in [0.5, 0.6) is 0 Å². The molecule has 0 aromatic heterocycles. The van der Waals surface area contributed by atoms with E-state index in [0.717, 1.165) is 0 Å². The van der Waals surface area contributed by atoms with Crippen LogP contribution >= 0.6 is 11.6 Å². The Balaban J connectivity index is -0.000000180. The molecule has 7 heteroatoms. The predicted octanol–water partition coefficient (Wildman–Crippen LogP) is -8.04. The van der Waals surface area contributed by atoms with Crippen molar-refractivity contribution < 1.29 is 73.8 Å². The molecular weight excluding hydrogens is 164 g/mol. The van der Waals surface area contributed by atoms with Crippen LogP contribution < -0.4 is 69.2 Å². The van der Waals surface area contributed by atoms with Gasteiger partial charge in [0.25, 0.3) is 0 Å². The fourth-order valence-electron chi connectivity index (χ4n) is 0.141. The Morgan fingerprint density at radius 1 is 1.33 bits per heavy atom. The maximum Gasteiger partial charge on any atom is 1.00 e. The summed E-state index contributed by atoms with van der Waals surface area (Å²) in [5.41, 5.74) is 0. The second-order valence-corrected chi connectivity index (χ2v) is 1.23. The summed E-state index contributed by atoms with van der Waals surface area (Å²) in [6, 6.07) is 0. The van der Waals surface area contributed by atoms with Crippen LogP contribution in [0.3, 0.4) is 0 Å². The molecule has 0 saturated heterocycles. The van der Waals surface area contributed by atoms with Crippen molar-refractivity contribution in [3.8, 4) is 0 Å². The van der Waals surface area contributed by atoms with Gasteiger partial charge in [-0.15, -0.1) is 11.6 Å². The normalized spacial score (nSPS) is 7.00. The molecule has 0 aromatic rings. The van der Waals surface area contributed by atoms with Gasteiger partial charge in [-0.25, -0.2) is 0 Å². The van der Waals surface area contributed by atoms with Gasteiger partial charge in [-0.05, 0) is 0 Å². The number of alkyl halides is 1. The van der Waals surface area contributed by atoms with Crippen molar-refractivity contribution >= 4 is 18.9 Å². The van der Waals surface area contributed by atoms with Gasteiger partial charge in [0.05, 0.1) is 7.32 Å². The zero-order valence-corrected chi connectivity index (χ0v) is 10.4. The van der Waals surface area contributed by atoms with E-state index in [9.17, 15) is 10.0 Å². The van der Waals surface area contributed by atoms with E-state index in [2.05, 4.69) is 4.65 Å². The average Bonchev–Trinajstić information content (AvgIpc) is 1.61. The van der Waals surface area contributed by atoms with Crippen molar-refractivity contribution in [2.75, 3.05) is 12.5 Å². The SMILES string of the molecule is [Na+].[Na+].[O-]B([O-])OCCCl. The Kier molecular flexibility index (Phi) is 24.8. The maximum atomic E-state index is 9.45. The Hall–Kier alpha value is 2.23. The number of hydrogen-bond donors (Lipinski definition) is 0. The van der Waals surface area contributed by atoms with E-state index in [1.807, 2.05) is 0 Å². The quantitative estimate of drug-likeness (QED) is 0.311. The molecule has 0 aromatic carbocycles. The van der Waals surface area contributed by atoms with E-state index >= 15 is 0 Å². The summed E-state index contributed by atoms with van der Waals surface area (Å²) in [4.78, 5) is 0. The van der Waals surface area contributed by atoms with E-state index in [1.165, 1.54) is 0 Å². The Labute approximate surface area is 104 Å². The third kappa shape index (κ3) is 17.9. The second kappa shape index (κ2) is 12.9. The van der Waals surface area contributed by atoms with Crippen molar-refractivity contribution in [3.05, 3.63) is 0 Å². The second-order valence-electron chi connectivity index (χ2n) is 0.848. The Morgan fingerprint density at radius 3 is 1.89 bits per heavy atom. The van der Waals surface area contributed by atoms with Gasteiger partial charge in [-0.3, -0.25) is 0 Å². The molecule has 0 spiro atoms. The van der Waals surface area contributed by atoms with Crippen LogP contribution in [0.15, 0.2) is 0 Å². The van der Waals surface area contributed by atoms with E-state index in [0.29, 0.717) is 0 Å². The molecule has 42 valence electrons. The summed E-state index contributed by atoms with van der Waals surface area (Å²) in [5.74, 6) is 0.195. The van der Waals surface area contributed by atoms with Crippen LogP contribution in [0.4, 0.5) is 0 Å². The van der Waals surface area contributed by atoms with Crippen LogP contribution in [0, 0.1) is 0 Å². The molecule has 0 rings (SSSR count). The van der Waals surface area contributed by atoms with Crippen LogP contribution in [0.25, 0.3) is 0 Å². The van der Waals surface area contributed by atoms with Crippen molar-refractivity contribution in [2.24, 2.45) is 0 Å². The first-order valence-electron chi connectivity index (χ1n) is 1.76. The van der Waals surface area contributed by atoms with E-state index in [1.54, 1.807) is 0 Å². The molecule has 0 radical (unpaired) electrons. The van der Waals surface area contributed by atoms with Crippen molar-refractivity contribution in [1.82, 2.24) is 0 Å². The molecule has 0 saturated carbocycles. The molecule has 0 aliphatic heterocycles. The maximum absolute atomic E-state index is 9.45. The molecule has 9 heavy (non-hydrogen) atoms. The van der Waals surface area contributed by atoms with Gasteiger partial charge in [0.2, 0.25) is 0 Å². The number of halogens is 1. The first-order chi connectivity index (χ1) is 3.27. The van der Waals surface area contributed by atoms with Gasteiger partial charge in [0.15, 0.2) is 0 Å². The molecule has 0 fully saturated rings. The van der Waals surface area contributed by atoms with E-state index in [4.69, 9.17) is 11.6 Å². The summed E-state index contributed by atoms with van der Waals surface area (Å²) in [6.07, 6.45) is 0. The van der Waals surface area contributed by atoms with Gasteiger partial charge < -0.3 is 14.7 Å². The molecule has 0 atom stereocenters. The first-order valence-corrected chi connectivity index (χ1v) is 2.30. The summed E-state index contributed by atoms with van der Waals surface area (Å²) < 4.78 is 3.95. The minimum absolute atomic E-state index is 0. The largest absolute Gasteiger partial charge is 1.00 e. The molecule has 0 N–H and O–H groups in total. The fraction of sp³-hybridized carbons (Fsp3) is 1.00. The Bertz CT molecular complexity index is 48.8. The predicted molar refractivity (Wildman–Crippen MR) is 22.4 cm³/mol. The van der Waals surface area contributed by atoms with Gasteiger partial charge in [-0.1, -0.05) is 0 Å². The Morgan fingerprint density at radius 2 is 1.78 bits per heavy atom. The molecule has 0 unspecified atom stereocenters. The van der Waals surface area contributed by atoms with Crippen molar-refractivity contribution in [2.45, 2.75) is 0 Å². The average molecular weight is 168 g/mol. The first kappa shape index (κ1) is 17.4. The van der Waals surface area contributed by atoms with Crippen molar-refractivity contribution in [3.63, 3.8) is 0 Å². The minimum Gasteiger partial charge on any atom is -0.871 e. The van der Waals surface area contributed by atoms with Crippen LogP contribution in [0.1, 0.15) is 0 Å². The minimum atomic E-state index is -2.18. The summed E-state index contributed by atoms with van der Waals surface area (Å²) in [7, 11) is -2.18. The van der Waals surface area contributed by atoms with Crippen molar-refractivity contribution in [1.29, 1.82) is 0 Å². The van der Waals surface area contributed by atoms with Crippen LogP contribution in [-0.4, -0.2) is 19.8 Å². The molecule has 0 aliphatic rings. The van der Waals surface area contributed by atoms with E-state index < -0.39 is 7.32 Å². The summed E-state index contributed by atoms with van der Waals surface area (Å²) >= 11 is 5.04. The molecule has 3 nitrogen and oxygen atoms in total. The van der Waals surface area contributed by atoms with E-state index in [-0.39, 0.29) is 71.6 Å². The van der Waals surface area contributed by atoms with Gasteiger partial charge >= 0.3 is 59.1 Å². The molecule has 0 aliphatic carbocycles. The molecule has 0 heterocycles. The third-order valence-corrected chi connectivity index (χ3v) is 0.485. The van der Waals surface area contributed by atoms with Gasteiger partial charge in [0.1, 0.15) is 0 Å². The number of rotatable bonds is 3. The van der Waals surface area contributed by atoms with Gasteiger partial charge in [-0.2, -0.15) is 0 Å². The zero-order valence-electron chi connectivity index (χ0n) is 5.59. The zero-order chi connectivity index (χ0) is 5.70. The molecule has 0 amide bonds. The summed E-state index contributed by atoms with van der Waals surface area (Å²) in [5, 5.41) is 18.9. The smallest absolute Gasteiger partial charge is 0.871 e. The van der Waals surface area contributed by atoms with Gasteiger partial charge in [0, 0.05) is 12.5 Å². The monoisotopic (exact) mass is 168 g/mol. The molecule has 0 bridgehead atoms. The standard InChI is InChI=1S/C2H4BClO3.2Na/c4-1-2-7-3(5)6;;/h1-2H2;;/q-2;2*+1. The fourth-order valence-corrected chi connectivity index (χ4v) is 0.230. The topological polar surface area (TPSA) is 55.3 Å². The summed E-state index contributed by atoms with van der Waals surface area (Å²) in [6.45, 7) is 0.0409. The van der Waals surface area contributed by atoms with Crippen LogP contribution in [0.2, 0.25) is 0 Å². The molecular formula is C2H4BClNa2O3.